The van der Waals surface area contributed by atoms with Crippen LogP contribution in [0.15, 0.2) is 4.99 Å². The van der Waals surface area contributed by atoms with Crippen molar-refractivity contribution in [2.24, 2.45) is 10.9 Å². The molecule has 1 aliphatic rings. The highest BCUT2D eigenvalue weighted by molar-refractivity contribution is 5.79. The summed E-state index contributed by atoms with van der Waals surface area (Å²) in [5, 5.41) is 6.83. The number of ether oxygens (including phenoxy) is 2. The molecule has 0 saturated carbocycles. The quantitative estimate of drug-likeness (QED) is 0.325. The van der Waals surface area contributed by atoms with Gasteiger partial charge in [-0.25, -0.2) is 0 Å². The lowest BCUT2D eigenvalue weighted by atomic mass is 10.0. The van der Waals surface area contributed by atoms with Crippen molar-refractivity contribution in [1.82, 2.24) is 10.6 Å². The van der Waals surface area contributed by atoms with Crippen LogP contribution in [0.4, 0.5) is 0 Å². The van der Waals surface area contributed by atoms with Gasteiger partial charge in [0.2, 0.25) is 0 Å². The summed E-state index contributed by atoms with van der Waals surface area (Å²) >= 11 is 0. The third-order valence-electron chi connectivity index (χ3n) is 4.38. The van der Waals surface area contributed by atoms with Crippen LogP contribution in [0, 0.1) is 5.92 Å². The molecule has 0 spiro atoms. The lowest BCUT2D eigenvalue weighted by Gasteiger charge is -2.21. The zero-order valence-corrected chi connectivity index (χ0v) is 16.1. The SMILES string of the molecule is CCCCCC(C)NC(=NCCCOCC1CCOCC1)NCC. The molecule has 0 radical (unpaired) electrons. The number of guanidine groups is 1. The Morgan fingerprint density at radius 1 is 1.21 bits per heavy atom. The Bertz CT molecular complexity index is 318. The van der Waals surface area contributed by atoms with E-state index >= 15 is 0 Å². The molecule has 1 unspecified atom stereocenters. The molecule has 0 aromatic carbocycles. The van der Waals surface area contributed by atoms with Crippen LogP contribution in [-0.2, 0) is 9.47 Å². The van der Waals surface area contributed by atoms with Crippen LogP contribution in [-0.4, -0.2) is 51.5 Å². The average molecular weight is 342 g/mol. The Kier molecular flexibility index (Phi) is 12.9. The summed E-state index contributed by atoms with van der Waals surface area (Å²) in [5.74, 6) is 1.62. The highest BCUT2D eigenvalue weighted by atomic mass is 16.5. The molecule has 2 N–H and O–H groups in total. The highest BCUT2D eigenvalue weighted by Crippen LogP contribution is 2.14. The Hall–Kier alpha value is -0.810. The Balaban J connectivity index is 2.12. The van der Waals surface area contributed by atoms with Crippen molar-refractivity contribution in [3.05, 3.63) is 0 Å². The van der Waals surface area contributed by atoms with Crippen molar-refractivity contribution >= 4 is 5.96 Å². The summed E-state index contributed by atoms with van der Waals surface area (Å²) < 4.78 is 11.2. The predicted octanol–water partition coefficient (Wildman–Crippen LogP) is 3.34. The molecule has 1 fully saturated rings. The van der Waals surface area contributed by atoms with Crippen LogP contribution in [0.1, 0.15) is 65.7 Å². The van der Waals surface area contributed by atoms with E-state index in [0.717, 1.165) is 64.7 Å². The molecule has 142 valence electrons. The van der Waals surface area contributed by atoms with Crippen LogP contribution in [0.3, 0.4) is 0 Å². The van der Waals surface area contributed by atoms with Gasteiger partial charge in [0.1, 0.15) is 0 Å². The molecule has 1 atom stereocenters. The maximum atomic E-state index is 5.80. The van der Waals surface area contributed by atoms with Gasteiger partial charge in [0.15, 0.2) is 5.96 Å². The minimum absolute atomic E-state index is 0.471. The number of rotatable bonds is 12. The second-order valence-electron chi connectivity index (χ2n) is 6.79. The van der Waals surface area contributed by atoms with Crippen molar-refractivity contribution in [3.8, 4) is 0 Å². The molecule has 0 bridgehead atoms. The zero-order valence-electron chi connectivity index (χ0n) is 16.1. The normalized spacial score (nSPS) is 17.7. The smallest absolute Gasteiger partial charge is 0.191 e. The van der Waals surface area contributed by atoms with Gasteiger partial charge in [0.05, 0.1) is 0 Å². The first-order valence-corrected chi connectivity index (χ1v) is 9.96. The third kappa shape index (κ3) is 10.9. The van der Waals surface area contributed by atoms with Crippen molar-refractivity contribution in [1.29, 1.82) is 0 Å². The molecule has 0 amide bonds. The summed E-state index contributed by atoms with van der Waals surface area (Å²) in [7, 11) is 0. The lowest BCUT2D eigenvalue weighted by Crippen LogP contribution is -2.42. The molecule has 1 aliphatic heterocycles. The summed E-state index contributed by atoms with van der Waals surface area (Å²) in [6, 6.07) is 0.471. The number of hydrogen-bond donors (Lipinski definition) is 2. The van der Waals surface area contributed by atoms with Gasteiger partial charge >= 0.3 is 0 Å². The van der Waals surface area contributed by atoms with Gasteiger partial charge in [-0.2, -0.15) is 0 Å². The number of nitrogens with zero attached hydrogens (tertiary/aromatic N) is 1. The number of unbranched alkanes of at least 4 members (excludes halogenated alkanes) is 2. The van der Waals surface area contributed by atoms with Crippen molar-refractivity contribution < 1.29 is 9.47 Å². The molecule has 0 aliphatic carbocycles. The Labute approximate surface area is 149 Å². The van der Waals surface area contributed by atoms with Gasteiger partial charge < -0.3 is 20.1 Å². The summed E-state index contributed by atoms with van der Waals surface area (Å²) in [4.78, 5) is 4.66. The minimum atomic E-state index is 0.471. The van der Waals surface area contributed by atoms with Crippen LogP contribution in [0.5, 0.6) is 0 Å². The molecular formula is C19H39N3O2. The highest BCUT2D eigenvalue weighted by Gasteiger charge is 2.13. The summed E-state index contributed by atoms with van der Waals surface area (Å²) in [6.07, 6.45) is 8.32. The molecule has 5 nitrogen and oxygen atoms in total. The second-order valence-corrected chi connectivity index (χ2v) is 6.79. The molecular weight excluding hydrogens is 302 g/mol. The molecule has 1 heterocycles. The van der Waals surface area contributed by atoms with Gasteiger partial charge in [-0.05, 0) is 45.4 Å². The molecule has 5 heteroatoms. The van der Waals surface area contributed by atoms with E-state index < -0.39 is 0 Å². The topological polar surface area (TPSA) is 54.9 Å². The maximum Gasteiger partial charge on any atom is 0.191 e. The van der Waals surface area contributed by atoms with E-state index in [-0.39, 0.29) is 0 Å². The van der Waals surface area contributed by atoms with Gasteiger partial charge in [-0.3, -0.25) is 4.99 Å². The monoisotopic (exact) mass is 341 g/mol. The fraction of sp³-hybridized carbons (Fsp3) is 0.947. The lowest BCUT2D eigenvalue weighted by molar-refractivity contribution is 0.0205. The van der Waals surface area contributed by atoms with E-state index in [0.29, 0.717) is 12.0 Å². The van der Waals surface area contributed by atoms with E-state index in [9.17, 15) is 0 Å². The maximum absolute atomic E-state index is 5.80. The first-order chi connectivity index (χ1) is 11.8. The minimum Gasteiger partial charge on any atom is -0.381 e. The Morgan fingerprint density at radius 3 is 2.71 bits per heavy atom. The second kappa shape index (κ2) is 14.5. The summed E-state index contributed by atoms with van der Waals surface area (Å²) in [6.45, 7) is 11.8. The summed E-state index contributed by atoms with van der Waals surface area (Å²) in [5.41, 5.74) is 0. The van der Waals surface area contributed by atoms with Crippen molar-refractivity contribution in [2.45, 2.75) is 71.8 Å². The zero-order chi connectivity index (χ0) is 17.5. The molecule has 1 saturated heterocycles. The van der Waals surface area contributed by atoms with Gasteiger partial charge in [0.25, 0.3) is 0 Å². The van der Waals surface area contributed by atoms with Crippen LogP contribution in [0.2, 0.25) is 0 Å². The first-order valence-electron chi connectivity index (χ1n) is 9.96. The number of hydrogen-bond acceptors (Lipinski definition) is 3. The molecule has 0 aromatic heterocycles. The number of nitrogens with one attached hydrogen (secondary N) is 2. The largest absolute Gasteiger partial charge is 0.381 e. The number of aliphatic imine (C=N–C) groups is 1. The van der Waals surface area contributed by atoms with Crippen LogP contribution in [0.25, 0.3) is 0 Å². The fourth-order valence-corrected chi connectivity index (χ4v) is 2.85. The third-order valence-corrected chi connectivity index (χ3v) is 4.38. The Morgan fingerprint density at radius 2 is 2.00 bits per heavy atom. The van der Waals surface area contributed by atoms with E-state index in [1.807, 2.05) is 0 Å². The molecule has 1 rings (SSSR count). The molecule has 24 heavy (non-hydrogen) atoms. The van der Waals surface area contributed by atoms with E-state index in [1.165, 1.54) is 25.7 Å². The predicted molar refractivity (Wildman–Crippen MR) is 102 cm³/mol. The van der Waals surface area contributed by atoms with Gasteiger partial charge in [-0.15, -0.1) is 0 Å². The standard InChI is InChI=1S/C19H39N3O2/c1-4-6-7-9-17(3)22-19(20-5-2)21-12-8-13-24-16-18-10-14-23-15-11-18/h17-18H,4-16H2,1-3H3,(H2,20,21,22). The van der Waals surface area contributed by atoms with E-state index in [1.54, 1.807) is 0 Å². The van der Waals surface area contributed by atoms with Crippen molar-refractivity contribution in [3.63, 3.8) is 0 Å². The average Bonchev–Trinajstić information content (AvgIpc) is 2.59. The first kappa shape index (κ1) is 21.2. The van der Waals surface area contributed by atoms with Gasteiger partial charge in [0, 0.05) is 45.6 Å². The van der Waals surface area contributed by atoms with Crippen molar-refractivity contribution in [2.75, 3.05) is 39.5 Å². The van der Waals surface area contributed by atoms with Crippen LogP contribution >= 0.6 is 0 Å². The molecule has 0 aromatic rings. The van der Waals surface area contributed by atoms with Crippen LogP contribution < -0.4 is 10.6 Å². The fourth-order valence-electron chi connectivity index (χ4n) is 2.85. The van der Waals surface area contributed by atoms with E-state index in [2.05, 4.69) is 36.4 Å². The van der Waals surface area contributed by atoms with Gasteiger partial charge in [-0.1, -0.05) is 26.2 Å². The van der Waals surface area contributed by atoms with E-state index in [4.69, 9.17) is 9.47 Å².